The lowest BCUT2D eigenvalue weighted by molar-refractivity contribution is 0.00578. The van der Waals surface area contributed by atoms with Gasteiger partial charge in [-0.3, -0.25) is 0 Å². The molecule has 0 bridgehead atoms. The van der Waals surface area contributed by atoms with Crippen molar-refractivity contribution in [3.8, 4) is 5.88 Å². The third-order valence-electron chi connectivity index (χ3n) is 4.43. The number of rotatable bonds is 4. The standard InChI is InChI=1S/C19H32BNO3/c1-13(2)10-15-11-14(12-16(21-15)22-17(3,4)5)20-23-18(6,7)19(8,9)24-20/h11-13H,10H2,1-9H3. The molecule has 1 saturated heterocycles. The van der Waals surface area contributed by atoms with Crippen LogP contribution < -0.4 is 10.2 Å². The Balaban J connectivity index is 2.37. The summed E-state index contributed by atoms with van der Waals surface area (Å²) in [4.78, 5) is 4.67. The molecule has 4 nitrogen and oxygen atoms in total. The van der Waals surface area contributed by atoms with E-state index in [0.717, 1.165) is 17.6 Å². The molecule has 134 valence electrons. The number of aromatic nitrogens is 1. The molecule has 1 fully saturated rings. The van der Waals surface area contributed by atoms with Crippen LogP contribution in [0.25, 0.3) is 0 Å². The molecule has 0 aliphatic carbocycles. The van der Waals surface area contributed by atoms with Gasteiger partial charge in [-0.15, -0.1) is 0 Å². The first-order chi connectivity index (χ1) is 10.8. The molecule has 1 aromatic heterocycles. The fraction of sp³-hybridized carbons (Fsp3) is 0.737. The van der Waals surface area contributed by atoms with Crippen LogP contribution >= 0.6 is 0 Å². The third-order valence-corrected chi connectivity index (χ3v) is 4.43. The summed E-state index contributed by atoms with van der Waals surface area (Å²) in [6, 6.07) is 4.02. The molecular formula is C19H32BNO3. The summed E-state index contributed by atoms with van der Waals surface area (Å²) >= 11 is 0. The highest BCUT2D eigenvalue weighted by atomic mass is 16.7. The lowest BCUT2D eigenvalue weighted by Gasteiger charge is -2.32. The van der Waals surface area contributed by atoms with E-state index < -0.39 is 7.12 Å². The smallest absolute Gasteiger partial charge is 0.472 e. The number of pyridine rings is 1. The second-order valence-corrected chi connectivity index (χ2v) is 9.13. The van der Waals surface area contributed by atoms with Crippen molar-refractivity contribution >= 4 is 12.6 Å². The Labute approximate surface area is 147 Å². The largest absolute Gasteiger partial charge is 0.495 e. The van der Waals surface area contributed by atoms with Crippen molar-refractivity contribution in [1.29, 1.82) is 0 Å². The van der Waals surface area contributed by atoms with E-state index in [0.29, 0.717) is 11.8 Å². The van der Waals surface area contributed by atoms with Crippen LogP contribution in [0.15, 0.2) is 12.1 Å². The predicted molar refractivity (Wildman–Crippen MR) is 98.9 cm³/mol. The number of nitrogens with zero attached hydrogens (tertiary/aromatic N) is 1. The molecule has 2 heterocycles. The zero-order chi connectivity index (χ0) is 18.3. The van der Waals surface area contributed by atoms with E-state index in [1.54, 1.807) is 0 Å². The van der Waals surface area contributed by atoms with Gasteiger partial charge in [0.1, 0.15) is 5.60 Å². The first-order valence-electron chi connectivity index (χ1n) is 8.84. The Kier molecular flexibility index (Phi) is 5.09. The molecule has 1 aliphatic heterocycles. The van der Waals surface area contributed by atoms with Crippen molar-refractivity contribution in [3.05, 3.63) is 17.8 Å². The van der Waals surface area contributed by atoms with E-state index in [2.05, 4.69) is 52.6 Å². The average Bonchev–Trinajstić information content (AvgIpc) is 2.55. The van der Waals surface area contributed by atoms with E-state index in [4.69, 9.17) is 14.0 Å². The van der Waals surface area contributed by atoms with Crippen LogP contribution in [0.3, 0.4) is 0 Å². The maximum absolute atomic E-state index is 6.19. The Morgan fingerprint density at radius 1 is 1.08 bits per heavy atom. The minimum atomic E-state index is -0.397. The van der Waals surface area contributed by atoms with E-state index in [1.165, 1.54) is 0 Å². The predicted octanol–water partition coefficient (Wildman–Crippen LogP) is 3.76. The molecule has 0 aromatic carbocycles. The molecule has 2 rings (SSSR count). The fourth-order valence-corrected chi connectivity index (χ4v) is 2.59. The zero-order valence-electron chi connectivity index (χ0n) is 16.7. The second-order valence-electron chi connectivity index (χ2n) is 9.13. The maximum atomic E-state index is 6.19. The van der Waals surface area contributed by atoms with E-state index in [-0.39, 0.29) is 16.8 Å². The SMILES string of the molecule is CC(C)Cc1cc(B2OC(C)(C)C(C)(C)O2)cc(OC(C)(C)C)n1. The van der Waals surface area contributed by atoms with Crippen LogP contribution in [0.1, 0.15) is 68.0 Å². The van der Waals surface area contributed by atoms with E-state index in [1.807, 2.05) is 26.8 Å². The van der Waals surface area contributed by atoms with Crippen molar-refractivity contribution in [3.63, 3.8) is 0 Å². The molecular weight excluding hydrogens is 301 g/mol. The minimum Gasteiger partial charge on any atom is -0.472 e. The summed E-state index contributed by atoms with van der Waals surface area (Å²) in [6.07, 6.45) is 0.897. The lowest BCUT2D eigenvalue weighted by atomic mass is 9.79. The summed E-state index contributed by atoms with van der Waals surface area (Å²) in [5.74, 6) is 1.15. The lowest BCUT2D eigenvalue weighted by Crippen LogP contribution is -2.41. The summed E-state index contributed by atoms with van der Waals surface area (Å²) in [6.45, 7) is 18.7. The molecule has 1 aliphatic rings. The van der Waals surface area contributed by atoms with Gasteiger partial charge in [-0.1, -0.05) is 13.8 Å². The molecule has 0 radical (unpaired) electrons. The highest BCUT2D eigenvalue weighted by Gasteiger charge is 2.51. The topological polar surface area (TPSA) is 40.6 Å². The first kappa shape index (κ1) is 19.3. The Morgan fingerprint density at radius 2 is 1.62 bits per heavy atom. The second kappa shape index (κ2) is 6.34. The monoisotopic (exact) mass is 333 g/mol. The van der Waals surface area contributed by atoms with Crippen LogP contribution in [-0.2, 0) is 15.7 Å². The maximum Gasteiger partial charge on any atom is 0.495 e. The van der Waals surface area contributed by atoms with Crippen LogP contribution in [0.4, 0.5) is 0 Å². The third kappa shape index (κ3) is 4.51. The van der Waals surface area contributed by atoms with Gasteiger partial charge in [0.05, 0.1) is 11.2 Å². The number of hydrogen-bond donors (Lipinski definition) is 0. The van der Waals surface area contributed by atoms with Gasteiger partial charge in [-0.05, 0) is 72.3 Å². The number of ether oxygens (including phenoxy) is 1. The molecule has 0 amide bonds. The van der Waals surface area contributed by atoms with Gasteiger partial charge in [-0.2, -0.15) is 0 Å². The van der Waals surface area contributed by atoms with Crippen LogP contribution in [0.5, 0.6) is 5.88 Å². The van der Waals surface area contributed by atoms with Gasteiger partial charge in [0.2, 0.25) is 5.88 Å². The van der Waals surface area contributed by atoms with Crippen molar-refractivity contribution < 1.29 is 14.0 Å². The number of hydrogen-bond acceptors (Lipinski definition) is 4. The Bertz CT molecular complexity index is 575. The zero-order valence-corrected chi connectivity index (χ0v) is 16.7. The quantitative estimate of drug-likeness (QED) is 0.787. The van der Waals surface area contributed by atoms with Gasteiger partial charge in [-0.25, -0.2) is 4.98 Å². The summed E-state index contributed by atoms with van der Waals surface area (Å²) in [5, 5.41) is 0. The molecule has 0 atom stereocenters. The molecule has 1 aromatic rings. The Morgan fingerprint density at radius 3 is 2.08 bits per heavy atom. The summed E-state index contributed by atoms with van der Waals surface area (Å²) in [7, 11) is -0.397. The van der Waals surface area contributed by atoms with Crippen molar-refractivity contribution in [1.82, 2.24) is 4.98 Å². The first-order valence-corrected chi connectivity index (χ1v) is 8.84. The van der Waals surface area contributed by atoms with E-state index >= 15 is 0 Å². The van der Waals surface area contributed by atoms with Gasteiger partial charge >= 0.3 is 7.12 Å². The fourth-order valence-electron chi connectivity index (χ4n) is 2.59. The van der Waals surface area contributed by atoms with Gasteiger partial charge in [0.15, 0.2) is 0 Å². The molecule has 24 heavy (non-hydrogen) atoms. The van der Waals surface area contributed by atoms with Crippen molar-refractivity contribution in [2.75, 3.05) is 0 Å². The molecule has 0 unspecified atom stereocenters. The highest BCUT2D eigenvalue weighted by Crippen LogP contribution is 2.36. The molecule has 0 saturated carbocycles. The van der Waals surface area contributed by atoms with Gasteiger partial charge in [0, 0.05) is 11.8 Å². The summed E-state index contributed by atoms with van der Waals surface area (Å²) in [5.41, 5.74) is 0.973. The molecule has 5 heteroatoms. The minimum absolute atomic E-state index is 0.295. The van der Waals surface area contributed by atoms with Gasteiger partial charge in [0.25, 0.3) is 0 Å². The van der Waals surface area contributed by atoms with E-state index in [9.17, 15) is 0 Å². The molecule has 0 N–H and O–H groups in total. The average molecular weight is 333 g/mol. The van der Waals surface area contributed by atoms with Crippen LogP contribution in [-0.4, -0.2) is 28.9 Å². The highest BCUT2D eigenvalue weighted by molar-refractivity contribution is 6.62. The van der Waals surface area contributed by atoms with Gasteiger partial charge < -0.3 is 14.0 Å². The molecule has 0 spiro atoms. The van der Waals surface area contributed by atoms with Crippen LogP contribution in [0.2, 0.25) is 0 Å². The van der Waals surface area contributed by atoms with Crippen molar-refractivity contribution in [2.45, 2.75) is 85.5 Å². The normalized spacial score (nSPS) is 19.8. The van der Waals surface area contributed by atoms with Crippen LogP contribution in [0, 0.1) is 5.92 Å². The van der Waals surface area contributed by atoms with Crippen molar-refractivity contribution in [2.24, 2.45) is 5.92 Å². The summed E-state index contributed by atoms with van der Waals surface area (Å²) < 4.78 is 18.4. The Hall–Kier alpha value is -1.07.